The van der Waals surface area contributed by atoms with Crippen LogP contribution < -0.4 is 5.73 Å². The van der Waals surface area contributed by atoms with Crippen molar-refractivity contribution in [1.82, 2.24) is 14.3 Å². The van der Waals surface area contributed by atoms with Crippen LogP contribution in [0.4, 0.5) is 13.2 Å². The van der Waals surface area contributed by atoms with Gasteiger partial charge in [0.05, 0.1) is 18.0 Å². The minimum Gasteiger partial charge on any atom is -0.400 e. The van der Waals surface area contributed by atoms with Gasteiger partial charge in [-0.25, -0.2) is 18.2 Å². The van der Waals surface area contributed by atoms with Crippen molar-refractivity contribution in [3.63, 3.8) is 0 Å². The molecule has 0 unspecified atom stereocenters. The van der Waals surface area contributed by atoms with Crippen molar-refractivity contribution >= 4 is 17.3 Å². The third-order valence-corrected chi connectivity index (χ3v) is 6.68. The molecule has 0 fully saturated rings. The molecule has 0 aliphatic carbocycles. The van der Waals surface area contributed by atoms with E-state index < -0.39 is 23.5 Å². The second kappa shape index (κ2) is 9.56. The van der Waals surface area contributed by atoms with Crippen molar-refractivity contribution in [3.05, 3.63) is 82.2 Å². The zero-order chi connectivity index (χ0) is 25.4. The van der Waals surface area contributed by atoms with Gasteiger partial charge < -0.3 is 10.6 Å². The number of amides is 1. The molecular weight excluding hydrogens is 455 g/mol. The molecule has 6 nitrogen and oxygen atoms in total. The van der Waals surface area contributed by atoms with Gasteiger partial charge >= 0.3 is 0 Å². The Hall–Kier alpha value is -3.62. The Balaban J connectivity index is 1.81. The lowest BCUT2D eigenvalue weighted by Gasteiger charge is -2.43. The van der Waals surface area contributed by atoms with E-state index in [-0.39, 0.29) is 23.2 Å². The molecule has 2 aromatic heterocycles. The van der Waals surface area contributed by atoms with Crippen LogP contribution in [-0.4, -0.2) is 45.0 Å². The molecule has 1 aromatic carbocycles. The number of rotatable bonds is 5. The first kappa shape index (κ1) is 24.5. The SMILES string of the molecule is CC[C@H]1CC(C(=NC)c2cc(F)c(F)c(F)c2)=C(N)[C@@H](CC)N1C(=O)c1cnc2cccc(C)n12. The Kier molecular flexibility index (Phi) is 6.69. The number of carbonyl (C=O) groups excluding carboxylic acids is 1. The van der Waals surface area contributed by atoms with Crippen molar-refractivity contribution in [1.29, 1.82) is 0 Å². The Bertz CT molecular complexity index is 1340. The number of aryl methyl sites for hydroxylation is 1. The van der Waals surface area contributed by atoms with E-state index in [1.54, 1.807) is 11.1 Å². The molecule has 184 valence electrons. The van der Waals surface area contributed by atoms with E-state index >= 15 is 0 Å². The minimum absolute atomic E-state index is 0.101. The maximum atomic E-state index is 14.0. The molecule has 3 aromatic rings. The normalized spacial score (nSPS) is 19.1. The van der Waals surface area contributed by atoms with E-state index in [4.69, 9.17) is 5.73 Å². The van der Waals surface area contributed by atoms with E-state index in [1.165, 1.54) is 7.05 Å². The van der Waals surface area contributed by atoms with Crippen LogP contribution >= 0.6 is 0 Å². The summed E-state index contributed by atoms with van der Waals surface area (Å²) in [5.74, 6) is -4.32. The number of imidazole rings is 1. The molecule has 1 aliphatic heterocycles. The van der Waals surface area contributed by atoms with Crippen molar-refractivity contribution < 1.29 is 18.0 Å². The largest absolute Gasteiger partial charge is 0.400 e. The van der Waals surface area contributed by atoms with Crippen LogP contribution in [-0.2, 0) is 0 Å². The Morgan fingerprint density at radius 1 is 1.17 bits per heavy atom. The van der Waals surface area contributed by atoms with Gasteiger partial charge in [-0.15, -0.1) is 0 Å². The molecule has 2 atom stereocenters. The molecule has 4 rings (SSSR count). The average Bonchev–Trinajstić information content (AvgIpc) is 3.28. The van der Waals surface area contributed by atoms with Crippen LogP contribution in [0.25, 0.3) is 5.65 Å². The molecule has 0 radical (unpaired) electrons. The quantitative estimate of drug-likeness (QED) is 0.419. The van der Waals surface area contributed by atoms with Crippen LogP contribution in [0.2, 0.25) is 0 Å². The van der Waals surface area contributed by atoms with Crippen molar-refractivity contribution in [2.75, 3.05) is 7.05 Å². The van der Waals surface area contributed by atoms with E-state index in [2.05, 4.69) is 9.98 Å². The number of nitrogens with two attached hydrogens (primary N) is 1. The maximum Gasteiger partial charge on any atom is 0.273 e. The van der Waals surface area contributed by atoms with E-state index in [0.717, 1.165) is 17.8 Å². The molecule has 3 heterocycles. The molecule has 0 bridgehead atoms. The molecule has 0 saturated carbocycles. The van der Waals surface area contributed by atoms with Crippen LogP contribution in [0.3, 0.4) is 0 Å². The minimum atomic E-state index is -1.53. The van der Waals surface area contributed by atoms with Gasteiger partial charge in [0.15, 0.2) is 17.5 Å². The average molecular weight is 484 g/mol. The number of aliphatic imine (C=N–C) groups is 1. The summed E-state index contributed by atoms with van der Waals surface area (Å²) in [5, 5.41) is 0. The lowest BCUT2D eigenvalue weighted by atomic mass is 9.85. The standard InChI is InChI=1S/C26H28F3N5O/c1-5-16-12-17(25(31-4)15-10-18(27)23(29)19(28)11-15)24(30)20(6-2)34(16)26(35)21-13-32-22-9-7-8-14(3)33(21)22/h7-11,13,16,20H,5-6,12,30H2,1-4H3/t16-,20+/m0/s1. The third-order valence-electron chi connectivity index (χ3n) is 6.68. The molecule has 0 saturated heterocycles. The van der Waals surface area contributed by atoms with Gasteiger partial charge in [-0.3, -0.25) is 14.2 Å². The number of aromatic nitrogens is 2. The molecule has 9 heteroatoms. The predicted molar refractivity (Wildman–Crippen MR) is 129 cm³/mol. The Morgan fingerprint density at radius 3 is 2.46 bits per heavy atom. The van der Waals surface area contributed by atoms with Crippen molar-refractivity contribution in [2.24, 2.45) is 10.7 Å². The summed E-state index contributed by atoms with van der Waals surface area (Å²) in [6.07, 6.45) is 3.06. The van der Waals surface area contributed by atoms with Gasteiger partial charge in [-0.1, -0.05) is 19.9 Å². The molecular formula is C26H28F3N5O. The molecule has 1 amide bonds. The molecule has 0 spiro atoms. The van der Waals surface area contributed by atoms with Gasteiger partial charge in [0.2, 0.25) is 0 Å². The number of halogens is 3. The highest BCUT2D eigenvalue weighted by atomic mass is 19.2. The van der Waals surface area contributed by atoms with Gasteiger partial charge in [0, 0.05) is 35.6 Å². The first-order valence-corrected chi connectivity index (χ1v) is 11.6. The van der Waals surface area contributed by atoms with Crippen molar-refractivity contribution in [2.45, 2.75) is 52.1 Å². The van der Waals surface area contributed by atoms with Gasteiger partial charge in [0.1, 0.15) is 11.3 Å². The van der Waals surface area contributed by atoms with Crippen LogP contribution in [0, 0.1) is 24.4 Å². The highest BCUT2D eigenvalue weighted by molar-refractivity contribution is 6.13. The summed E-state index contributed by atoms with van der Waals surface area (Å²) >= 11 is 0. The fourth-order valence-electron chi connectivity index (χ4n) is 4.97. The summed E-state index contributed by atoms with van der Waals surface area (Å²) in [6, 6.07) is 6.77. The predicted octanol–water partition coefficient (Wildman–Crippen LogP) is 4.80. The topological polar surface area (TPSA) is 76.0 Å². The summed E-state index contributed by atoms with van der Waals surface area (Å²) < 4.78 is 43.4. The van der Waals surface area contributed by atoms with Crippen LogP contribution in [0.5, 0.6) is 0 Å². The number of hydrogen-bond acceptors (Lipinski definition) is 4. The second-order valence-electron chi connectivity index (χ2n) is 8.67. The molecule has 2 N–H and O–H groups in total. The monoisotopic (exact) mass is 483 g/mol. The number of hydrogen-bond donors (Lipinski definition) is 1. The first-order chi connectivity index (χ1) is 16.7. The first-order valence-electron chi connectivity index (χ1n) is 11.6. The third kappa shape index (κ3) is 4.09. The van der Waals surface area contributed by atoms with E-state index in [9.17, 15) is 18.0 Å². The highest BCUT2D eigenvalue weighted by Gasteiger charge is 2.39. The maximum absolute atomic E-state index is 14.0. The number of benzene rings is 1. The molecule has 1 aliphatic rings. The summed E-state index contributed by atoms with van der Waals surface area (Å²) in [6.45, 7) is 5.80. The second-order valence-corrected chi connectivity index (χ2v) is 8.67. The summed E-state index contributed by atoms with van der Waals surface area (Å²) in [4.78, 5) is 24.3. The molecule has 35 heavy (non-hydrogen) atoms. The zero-order valence-corrected chi connectivity index (χ0v) is 20.1. The van der Waals surface area contributed by atoms with E-state index in [1.807, 2.05) is 43.4 Å². The van der Waals surface area contributed by atoms with Gasteiger partial charge in [-0.2, -0.15) is 0 Å². The van der Waals surface area contributed by atoms with Crippen LogP contribution in [0.1, 0.15) is 54.9 Å². The van der Waals surface area contributed by atoms with Gasteiger partial charge in [-0.05, 0) is 50.5 Å². The number of pyridine rings is 1. The zero-order valence-electron chi connectivity index (χ0n) is 20.1. The van der Waals surface area contributed by atoms with E-state index in [0.29, 0.717) is 41.9 Å². The highest BCUT2D eigenvalue weighted by Crippen LogP contribution is 2.34. The van der Waals surface area contributed by atoms with Crippen LogP contribution in [0.15, 0.2) is 52.8 Å². The summed E-state index contributed by atoms with van der Waals surface area (Å²) in [7, 11) is 1.50. The number of carbonyl (C=O) groups is 1. The summed E-state index contributed by atoms with van der Waals surface area (Å²) in [5.41, 5.74) is 10.0. The Morgan fingerprint density at radius 2 is 1.86 bits per heavy atom. The fraction of sp³-hybridized carbons (Fsp3) is 0.346. The lowest BCUT2D eigenvalue weighted by Crippen LogP contribution is -2.53. The van der Waals surface area contributed by atoms with Crippen molar-refractivity contribution in [3.8, 4) is 0 Å². The van der Waals surface area contributed by atoms with Gasteiger partial charge in [0.25, 0.3) is 5.91 Å². The Labute approximate surface area is 202 Å². The fourth-order valence-corrected chi connectivity index (χ4v) is 4.97. The smallest absolute Gasteiger partial charge is 0.273 e. The lowest BCUT2D eigenvalue weighted by molar-refractivity contribution is 0.0563. The number of fused-ring (bicyclic) bond motifs is 1. The number of nitrogens with zero attached hydrogens (tertiary/aromatic N) is 4.